The van der Waals surface area contributed by atoms with Crippen molar-refractivity contribution in [1.82, 2.24) is 25.3 Å². The van der Waals surface area contributed by atoms with E-state index in [1.54, 1.807) is 6.07 Å². The van der Waals surface area contributed by atoms with Gasteiger partial charge in [0.25, 0.3) is 5.91 Å². The number of hydrogen-bond donors (Lipinski definition) is 2. The van der Waals surface area contributed by atoms with Crippen molar-refractivity contribution in [1.29, 1.82) is 0 Å². The van der Waals surface area contributed by atoms with Gasteiger partial charge in [0.2, 0.25) is 0 Å². The number of nitrogens with zero attached hydrogens (tertiary/aromatic N) is 3. The molecule has 6 nitrogen and oxygen atoms in total. The molecule has 1 unspecified atom stereocenters. The number of carbonyl (C=O) groups is 1. The summed E-state index contributed by atoms with van der Waals surface area (Å²) >= 11 is 0. The first-order valence-corrected chi connectivity index (χ1v) is 8.90. The molecular formula is C20H25N5O. The largest absolute Gasteiger partial charge is 0.350 e. The molecule has 26 heavy (non-hydrogen) atoms. The maximum Gasteiger partial charge on any atom is 0.269 e. The maximum atomic E-state index is 12.5. The molecule has 2 aromatic heterocycles. The number of aromatic nitrogens is 4. The van der Waals surface area contributed by atoms with Crippen molar-refractivity contribution >= 4 is 5.91 Å². The summed E-state index contributed by atoms with van der Waals surface area (Å²) in [6.07, 6.45) is 0.965. The Bertz CT molecular complexity index is 894. The van der Waals surface area contributed by atoms with E-state index in [2.05, 4.69) is 39.7 Å². The summed E-state index contributed by atoms with van der Waals surface area (Å²) < 4.78 is 1.82. The molecular weight excluding hydrogens is 326 g/mol. The lowest BCUT2D eigenvalue weighted by molar-refractivity contribution is 0.0946. The van der Waals surface area contributed by atoms with Gasteiger partial charge < -0.3 is 5.32 Å². The van der Waals surface area contributed by atoms with E-state index in [9.17, 15) is 4.79 Å². The Morgan fingerprint density at radius 3 is 2.62 bits per heavy atom. The van der Waals surface area contributed by atoms with E-state index in [0.717, 1.165) is 29.1 Å². The zero-order valence-corrected chi connectivity index (χ0v) is 15.7. The quantitative estimate of drug-likeness (QED) is 0.715. The summed E-state index contributed by atoms with van der Waals surface area (Å²) in [6.45, 7) is 6.67. The zero-order valence-electron chi connectivity index (χ0n) is 15.7. The Balaban J connectivity index is 1.70. The Kier molecular flexibility index (Phi) is 5.21. The van der Waals surface area contributed by atoms with Crippen molar-refractivity contribution in [2.24, 2.45) is 7.05 Å². The lowest BCUT2D eigenvalue weighted by Crippen LogP contribution is -2.28. The van der Waals surface area contributed by atoms with Crippen LogP contribution in [0.2, 0.25) is 0 Å². The van der Waals surface area contributed by atoms with Crippen LogP contribution in [0.1, 0.15) is 46.7 Å². The van der Waals surface area contributed by atoms with Crippen molar-refractivity contribution in [2.45, 2.75) is 33.1 Å². The average Bonchev–Trinajstić information content (AvgIpc) is 3.21. The van der Waals surface area contributed by atoms with E-state index in [1.165, 1.54) is 5.56 Å². The highest BCUT2D eigenvalue weighted by atomic mass is 16.1. The van der Waals surface area contributed by atoms with Gasteiger partial charge in [-0.2, -0.15) is 10.2 Å². The third kappa shape index (κ3) is 3.54. The van der Waals surface area contributed by atoms with Crippen LogP contribution in [0.5, 0.6) is 0 Å². The standard InChI is InChI=1S/C20H25N5O/c1-5-15(16-9-7-6-8-10-16)12-21-20(26)18-11-17(22-23-18)19-13(2)24-25(4)14(19)3/h6-11,15H,5,12H2,1-4H3,(H,21,26)(H,22,23). The molecule has 1 aromatic carbocycles. The molecule has 0 fully saturated rings. The predicted octanol–water partition coefficient (Wildman–Crippen LogP) is 3.35. The monoisotopic (exact) mass is 351 g/mol. The van der Waals surface area contributed by atoms with E-state index in [-0.39, 0.29) is 5.91 Å². The number of amides is 1. The first kappa shape index (κ1) is 17.9. The Hall–Kier alpha value is -2.89. The highest BCUT2D eigenvalue weighted by Gasteiger charge is 2.18. The van der Waals surface area contributed by atoms with Gasteiger partial charge in [-0.25, -0.2) is 0 Å². The van der Waals surface area contributed by atoms with Crippen LogP contribution >= 0.6 is 0 Å². The van der Waals surface area contributed by atoms with Gasteiger partial charge in [0, 0.05) is 30.8 Å². The number of carbonyl (C=O) groups excluding carboxylic acids is 1. The fourth-order valence-electron chi connectivity index (χ4n) is 3.24. The molecule has 2 heterocycles. The number of rotatable bonds is 6. The van der Waals surface area contributed by atoms with Crippen molar-refractivity contribution in [3.8, 4) is 11.3 Å². The van der Waals surface area contributed by atoms with Crippen LogP contribution in [0.4, 0.5) is 0 Å². The van der Waals surface area contributed by atoms with E-state index >= 15 is 0 Å². The van der Waals surface area contributed by atoms with Crippen molar-refractivity contribution < 1.29 is 4.79 Å². The summed E-state index contributed by atoms with van der Waals surface area (Å²) in [4.78, 5) is 12.5. The molecule has 0 saturated carbocycles. The highest BCUT2D eigenvalue weighted by molar-refractivity contribution is 5.93. The molecule has 1 atom stereocenters. The van der Waals surface area contributed by atoms with Crippen LogP contribution in [0, 0.1) is 13.8 Å². The summed E-state index contributed by atoms with van der Waals surface area (Å²) in [6, 6.07) is 12.0. The van der Waals surface area contributed by atoms with Crippen molar-refractivity contribution in [3.05, 3.63) is 59.0 Å². The maximum absolute atomic E-state index is 12.5. The molecule has 0 spiro atoms. The second-order valence-corrected chi connectivity index (χ2v) is 6.56. The third-order valence-corrected chi connectivity index (χ3v) is 4.86. The Labute approximate surface area is 153 Å². The van der Waals surface area contributed by atoms with Gasteiger partial charge in [-0.3, -0.25) is 14.6 Å². The average molecular weight is 351 g/mol. The minimum absolute atomic E-state index is 0.141. The number of H-pyrrole nitrogens is 1. The van der Waals surface area contributed by atoms with Crippen LogP contribution < -0.4 is 5.32 Å². The van der Waals surface area contributed by atoms with E-state index in [4.69, 9.17) is 0 Å². The minimum atomic E-state index is -0.141. The van der Waals surface area contributed by atoms with Crippen LogP contribution in [0.15, 0.2) is 36.4 Å². The van der Waals surface area contributed by atoms with Gasteiger partial charge >= 0.3 is 0 Å². The number of nitrogens with one attached hydrogen (secondary N) is 2. The van der Waals surface area contributed by atoms with Gasteiger partial charge in [0.05, 0.1) is 11.4 Å². The summed E-state index contributed by atoms with van der Waals surface area (Å²) in [5.41, 5.74) is 5.34. The molecule has 0 aliphatic carbocycles. The predicted molar refractivity (Wildman–Crippen MR) is 102 cm³/mol. The van der Waals surface area contributed by atoms with Crippen molar-refractivity contribution in [3.63, 3.8) is 0 Å². The molecule has 3 aromatic rings. The van der Waals surface area contributed by atoms with Gasteiger partial charge in [-0.05, 0) is 31.9 Å². The topological polar surface area (TPSA) is 75.6 Å². The van der Waals surface area contributed by atoms with E-state index < -0.39 is 0 Å². The van der Waals surface area contributed by atoms with E-state index in [1.807, 2.05) is 43.8 Å². The highest BCUT2D eigenvalue weighted by Crippen LogP contribution is 2.25. The molecule has 0 radical (unpaired) electrons. The van der Waals surface area contributed by atoms with Crippen LogP contribution in [-0.2, 0) is 7.05 Å². The summed E-state index contributed by atoms with van der Waals surface area (Å²) in [5, 5.41) is 14.6. The molecule has 2 N–H and O–H groups in total. The van der Waals surface area contributed by atoms with Crippen LogP contribution in [-0.4, -0.2) is 32.4 Å². The molecule has 1 amide bonds. The molecule has 0 bridgehead atoms. The van der Waals surface area contributed by atoms with Crippen LogP contribution in [0.3, 0.4) is 0 Å². The number of aryl methyl sites for hydroxylation is 2. The fourth-order valence-corrected chi connectivity index (χ4v) is 3.24. The smallest absolute Gasteiger partial charge is 0.269 e. The fraction of sp³-hybridized carbons (Fsp3) is 0.350. The van der Waals surface area contributed by atoms with Crippen molar-refractivity contribution in [2.75, 3.05) is 6.54 Å². The molecule has 0 saturated heterocycles. The molecule has 6 heteroatoms. The summed E-state index contributed by atoms with van der Waals surface area (Å²) in [5.74, 6) is 0.155. The van der Waals surface area contributed by atoms with Gasteiger partial charge in [-0.1, -0.05) is 37.3 Å². The second kappa shape index (κ2) is 7.56. The SMILES string of the molecule is CCC(CNC(=O)c1cc(-c2c(C)nn(C)c2C)n[nH]1)c1ccccc1. The van der Waals surface area contributed by atoms with E-state index in [0.29, 0.717) is 18.2 Å². The van der Waals surface area contributed by atoms with Gasteiger partial charge in [-0.15, -0.1) is 0 Å². The summed E-state index contributed by atoms with van der Waals surface area (Å²) in [7, 11) is 1.90. The molecule has 136 valence electrons. The second-order valence-electron chi connectivity index (χ2n) is 6.56. The molecule has 0 aliphatic heterocycles. The zero-order chi connectivity index (χ0) is 18.7. The van der Waals surface area contributed by atoms with Gasteiger partial charge in [0.1, 0.15) is 5.69 Å². The first-order chi connectivity index (χ1) is 12.5. The normalized spacial score (nSPS) is 12.2. The minimum Gasteiger partial charge on any atom is -0.350 e. The number of aromatic amines is 1. The Morgan fingerprint density at radius 2 is 2.00 bits per heavy atom. The van der Waals surface area contributed by atoms with Gasteiger partial charge in [0.15, 0.2) is 0 Å². The number of hydrogen-bond acceptors (Lipinski definition) is 3. The first-order valence-electron chi connectivity index (χ1n) is 8.90. The lowest BCUT2D eigenvalue weighted by Gasteiger charge is -2.15. The molecule has 3 rings (SSSR count). The molecule has 0 aliphatic rings. The number of benzene rings is 1. The van der Waals surface area contributed by atoms with Crippen LogP contribution in [0.25, 0.3) is 11.3 Å². The Morgan fingerprint density at radius 1 is 1.27 bits per heavy atom. The lowest BCUT2D eigenvalue weighted by atomic mass is 9.96. The third-order valence-electron chi connectivity index (χ3n) is 4.86.